The topological polar surface area (TPSA) is 147 Å². The lowest BCUT2D eigenvalue weighted by atomic mass is 9.92. The average molecular weight is 765 g/mol. The van der Waals surface area contributed by atoms with E-state index in [4.69, 9.17) is 21.3 Å². The molecule has 0 unspecified atom stereocenters. The van der Waals surface area contributed by atoms with Crippen molar-refractivity contribution in [2.75, 3.05) is 45.2 Å². The first-order valence-corrected chi connectivity index (χ1v) is 19.0. The highest BCUT2D eigenvalue weighted by Gasteiger charge is 2.46. The number of fused-ring (bicyclic) bond motifs is 2. The van der Waals surface area contributed by atoms with Crippen LogP contribution in [0.5, 0.6) is 5.88 Å². The minimum atomic E-state index is -0.422. The van der Waals surface area contributed by atoms with E-state index in [9.17, 15) is 19.5 Å². The molecule has 13 nitrogen and oxygen atoms in total. The summed E-state index contributed by atoms with van der Waals surface area (Å²) in [6.45, 7) is 6.39. The van der Waals surface area contributed by atoms with Crippen molar-refractivity contribution >= 4 is 40.0 Å². The number of hydrogen-bond donors (Lipinski definition) is 3. The second kappa shape index (κ2) is 14.1. The quantitative estimate of drug-likeness (QED) is 0.194. The monoisotopic (exact) mass is 764 g/mol. The number of halogens is 1. The van der Waals surface area contributed by atoms with Gasteiger partial charge in [-0.2, -0.15) is 0 Å². The molecule has 0 radical (unpaired) electrons. The largest absolute Gasteiger partial charge is 0.481 e. The average Bonchev–Trinajstić information content (AvgIpc) is 3.79. The predicted molar refractivity (Wildman–Crippen MR) is 213 cm³/mol. The molecule has 286 valence electrons. The third-order valence-corrected chi connectivity index (χ3v) is 12.2. The van der Waals surface area contributed by atoms with Crippen LogP contribution in [0.4, 0.5) is 16.3 Å². The Kier molecular flexibility index (Phi) is 9.43. The first kappa shape index (κ1) is 36.7. The van der Waals surface area contributed by atoms with E-state index in [0.29, 0.717) is 46.4 Å². The summed E-state index contributed by atoms with van der Waals surface area (Å²) in [4.78, 5) is 52.7. The number of aromatic nitrogens is 4. The lowest BCUT2D eigenvalue weighted by Crippen LogP contribution is -2.61. The first-order chi connectivity index (χ1) is 26.4. The van der Waals surface area contributed by atoms with Crippen LogP contribution in [0.15, 0.2) is 58.1 Å². The summed E-state index contributed by atoms with van der Waals surface area (Å²) < 4.78 is 8.53. The Labute approximate surface area is 323 Å². The Bertz CT molecular complexity index is 2500. The van der Waals surface area contributed by atoms with Crippen molar-refractivity contribution in [3.05, 3.63) is 96.8 Å². The van der Waals surface area contributed by atoms with E-state index >= 15 is 0 Å². The van der Waals surface area contributed by atoms with Crippen molar-refractivity contribution in [3.8, 4) is 28.3 Å². The number of aliphatic hydroxyl groups excluding tert-OH is 1. The number of aryl methyl sites for hydroxylation is 3. The second-order valence-corrected chi connectivity index (χ2v) is 15.4. The molecule has 2 saturated heterocycles. The highest BCUT2D eigenvalue weighted by Crippen LogP contribution is 2.47. The van der Waals surface area contributed by atoms with Crippen LogP contribution in [0.1, 0.15) is 47.7 Å². The number of amides is 2. The van der Waals surface area contributed by atoms with E-state index in [-0.39, 0.29) is 24.2 Å². The molecule has 3 aromatic heterocycles. The molecule has 8 rings (SSSR count). The number of hydrogen-bond acceptors (Lipinski definition) is 9. The van der Waals surface area contributed by atoms with Gasteiger partial charge in [0.2, 0.25) is 5.88 Å². The molecular formula is C41H45ClN8O5. The molecule has 1 aliphatic carbocycles. The van der Waals surface area contributed by atoms with Crippen molar-refractivity contribution in [3.63, 3.8) is 0 Å². The van der Waals surface area contributed by atoms with Crippen molar-refractivity contribution in [1.29, 1.82) is 0 Å². The van der Waals surface area contributed by atoms with Gasteiger partial charge in [-0.05, 0) is 74.4 Å². The van der Waals surface area contributed by atoms with Gasteiger partial charge in [-0.25, -0.2) is 19.6 Å². The molecule has 1 spiro atoms. The molecule has 2 atom stereocenters. The Hall–Kier alpha value is -5.24. The summed E-state index contributed by atoms with van der Waals surface area (Å²) in [5.74, 6) is 0.958. The van der Waals surface area contributed by atoms with Gasteiger partial charge in [-0.1, -0.05) is 41.9 Å². The van der Waals surface area contributed by atoms with E-state index < -0.39 is 11.2 Å². The SMILES string of the molecule is COc1nc(-c2cccc(-c3cccc(Nc4nc(C)cc5c4c(=O)n(C)c(=O)n5C)c3C)c2Cl)cc2c1[C@@H](N1CC[C@]3(CCN(CCO)C(=O)N3)C1)CC2. The molecule has 2 aliphatic heterocycles. The molecular weight excluding hydrogens is 720 g/mol. The van der Waals surface area contributed by atoms with Crippen molar-refractivity contribution in [1.82, 2.24) is 34.2 Å². The minimum absolute atomic E-state index is 0.0417. The minimum Gasteiger partial charge on any atom is -0.481 e. The summed E-state index contributed by atoms with van der Waals surface area (Å²) in [5, 5.41) is 16.9. The van der Waals surface area contributed by atoms with E-state index in [1.165, 1.54) is 17.2 Å². The van der Waals surface area contributed by atoms with Gasteiger partial charge in [0.05, 0.1) is 35.5 Å². The normalized spacial score (nSPS) is 19.7. The molecule has 2 amide bonds. The Morgan fingerprint density at radius 3 is 2.51 bits per heavy atom. The van der Waals surface area contributed by atoms with E-state index in [1.807, 2.05) is 50.2 Å². The zero-order valence-electron chi connectivity index (χ0n) is 31.7. The first-order valence-electron chi connectivity index (χ1n) is 18.7. The van der Waals surface area contributed by atoms with E-state index in [2.05, 4.69) is 26.6 Å². The number of carbonyl (C=O) groups is 1. The number of nitrogens with zero attached hydrogens (tertiary/aromatic N) is 6. The lowest BCUT2D eigenvalue weighted by Gasteiger charge is -2.40. The highest BCUT2D eigenvalue weighted by molar-refractivity contribution is 6.36. The van der Waals surface area contributed by atoms with Crippen LogP contribution >= 0.6 is 11.6 Å². The van der Waals surface area contributed by atoms with Crippen LogP contribution in [0, 0.1) is 13.8 Å². The maximum atomic E-state index is 13.3. The van der Waals surface area contributed by atoms with Gasteiger partial charge < -0.3 is 25.4 Å². The van der Waals surface area contributed by atoms with Gasteiger partial charge in [-0.15, -0.1) is 0 Å². The molecule has 0 saturated carbocycles. The third kappa shape index (κ3) is 6.24. The number of pyridine rings is 2. The maximum absolute atomic E-state index is 13.3. The Balaban J connectivity index is 1.10. The summed E-state index contributed by atoms with van der Waals surface area (Å²) in [6, 6.07) is 15.7. The molecule has 2 fully saturated rings. The molecule has 55 heavy (non-hydrogen) atoms. The number of ether oxygens (including phenoxy) is 1. The fourth-order valence-corrected chi connectivity index (χ4v) is 9.13. The lowest BCUT2D eigenvalue weighted by molar-refractivity contribution is 0.127. The number of β-amino-alcohol motifs (C(OH)–C–C–N with tert-alkyl or cyclic N) is 1. The Morgan fingerprint density at radius 1 is 1.00 bits per heavy atom. The maximum Gasteiger partial charge on any atom is 0.330 e. The number of methoxy groups -OCH3 is 1. The van der Waals surface area contributed by atoms with Crippen LogP contribution in [0.3, 0.4) is 0 Å². The summed E-state index contributed by atoms with van der Waals surface area (Å²) in [6.07, 6.45) is 3.52. The van der Waals surface area contributed by atoms with Crippen LogP contribution < -0.4 is 26.6 Å². The molecule has 0 bridgehead atoms. The van der Waals surface area contributed by atoms with Crippen LogP contribution in [0.2, 0.25) is 5.02 Å². The summed E-state index contributed by atoms with van der Waals surface area (Å²) in [5.41, 5.74) is 7.25. The number of urea groups is 1. The molecule has 5 heterocycles. The molecule has 3 aliphatic rings. The number of rotatable bonds is 8. The number of likely N-dealkylation sites (tertiary alicyclic amines) is 1. The number of nitrogens with one attached hydrogen (secondary N) is 2. The standard InChI is InChI=1S/C41H45ClN8O5/c1-23-20-32-34(38(52)48(4)40(54)47(32)3)36(43-23)44-29-11-7-8-26(24(29)2)27-9-6-10-28(35(27)42)30-21-25-12-13-31(33(25)37(45-30)55-5)50-17-15-41(22-50)14-16-49(18-19-51)39(53)46-41/h6-11,20-21,31,51H,12-19,22H2,1-5H3,(H,43,44)(H,46,53)/t31-,41+/m0/s1. The second-order valence-electron chi connectivity index (χ2n) is 15.0. The fraction of sp³-hybridized carbons (Fsp3) is 0.390. The number of carbonyl (C=O) groups excluding carboxylic acids is 1. The third-order valence-electron chi connectivity index (χ3n) is 11.8. The highest BCUT2D eigenvalue weighted by atomic mass is 35.5. The molecule has 2 aromatic carbocycles. The molecule has 14 heteroatoms. The van der Waals surface area contributed by atoms with Gasteiger partial charge >= 0.3 is 11.7 Å². The van der Waals surface area contributed by atoms with Crippen molar-refractivity contribution < 1.29 is 14.6 Å². The van der Waals surface area contributed by atoms with Gasteiger partial charge in [0, 0.05) is 74.4 Å². The van der Waals surface area contributed by atoms with Crippen LogP contribution in [-0.4, -0.2) is 85.5 Å². The van der Waals surface area contributed by atoms with E-state index in [0.717, 1.165) is 82.5 Å². The van der Waals surface area contributed by atoms with Crippen molar-refractivity contribution in [2.45, 2.75) is 51.1 Å². The number of anilines is 2. The Morgan fingerprint density at radius 2 is 1.75 bits per heavy atom. The molecule has 5 aromatic rings. The van der Waals surface area contributed by atoms with Gasteiger partial charge in [0.25, 0.3) is 5.56 Å². The van der Waals surface area contributed by atoms with Gasteiger partial charge in [-0.3, -0.25) is 18.8 Å². The van der Waals surface area contributed by atoms with Crippen molar-refractivity contribution in [2.24, 2.45) is 14.1 Å². The fourth-order valence-electron chi connectivity index (χ4n) is 8.80. The van der Waals surface area contributed by atoms with E-state index in [1.54, 1.807) is 25.1 Å². The summed E-state index contributed by atoms with van der Waals surface area (Å²) >= 11 is 7.28. The zero-order chi connectivity index (χ0) is 38.8. The van der Waals surface area contributed by atoms with Crippen LogP contribution in [-0.2, 0) is 20.5 Å². The molecule has 3 N–H and O–H groups in total. The summed E-state index contributed by atoms with van der Waals surface area (Å²) in [7, 11) is 4.77. The van der Waals surface area contributed by atoms with Gasteiger partial charge in [0.15, 0.2) is 0 Å². The predicted octanol–water partition coefficient (Wildman–Crippen LogP) is 5.22. The number of benzene rings is 2. The zero-order valence-corrected chi connectivity index (χ0v) is 32.5. The smallest absolute Gasteiger partial charge is 0.330 e. The van der Waals surface area contributed by atoms with Crippen LogP contribution in [0.25, 0.3) is 33.3 Å². The number of aliphatic hydroxyl groups is 1. The van der Waals surface area contributed by atoms with Gasteiger partial charge in [0.1, 0.15) is 11.2 Å².